The van der Waals surface area contributed by atoms with E-state index in [2.05, 4.69) is 22.0 Å². The molecule has 0 aromatic heterocycles. The van der Waals surface area contributed by atoms with E-state index < -0.39 is 11.4 Å². The fraction of sp³-hybridized carbons (Fsp3) is 0.533. The van der Waals surface area contributed by atoms with Crippen LogP contribution < -0.4 is 0 Å². The van der Waals surface area contributed by atoms with Crippen LogP contribution in [-0.2, 0) is 10.2 Å². The van der Waals surface area contributed by atoms with Gasteiger partial charge >= 0.3 is 5.97 Å². The van der Waals surface area contributed by atoms with Gasteiger partial charge in [-0.1, -0.05) is 28.1 Å². The quantitative estimate of drug-likeness (QED) is 0.896. The topological polar surface area (TPSA) is 37.3 Å². The highest BCUT2D eigenvalue weighted by atomic mass is 79.9. The van der Waals surface area contributed by atoms with Crippen LogP contribution in [0.15, 0.2) is 22.7 Å². The highest BCUT2D eigenvalue weighted by Crippen LogP contribution is 2.49. The van der Waals surface area contributed by atoms with Crippen molar-refractivity contribution in [3.63, 3.8) is 0 Å². The first-order valence-electron chi connectivity index (χ1n) is 6.74. The second kappa shape index (κ2) is 5.13. The third kappa shape index (κ3) is 2.45. The second-order valence-corrected chi connectivity index (χ2v) is 7.59. The molecule has 4 heteroatoms. The van der Waals surface area contributed by atoms with Gasteiger partial charge in [0.2, 0.25) is 0 Å². The Morgan fingerprint density at radius 2 is 2.00 bits per heavy atom. The average molecular weight is 341 g/mol. The summed E-state index contributed by atoms with van der Waals surface area (Å²) < 4.78 is 1.09. The van der Waals surface area contributed by atoms with Crippen LogP contribution in [-0.4, -0.2) is 22.6 Å². The van der Waals surface area contributed by atoms with Crippen LogP contribution in [0.2, 0.25) is 0 Å². The fourth-order valence-electron chi connectivity index (χ4n) is 2.92. The summed E-state index contributed by atoms with van der Waals surface area (Å²) in [6.07, 6.45) is 4.00. The lowest BCUT2D eigenvalue weighted by Crippen LogP contribution is -2.19. The molecule has 1 aromatic carbocycles. The summed E-state index contributed by atoms with van der Waals surface area (Å²) >= 11 is 5.68. The Labute approximate surface area is 126 Å². The largest absolute Gasteiger partial charge is 0.481 e. The van der Waals surface area contributed by atoms with Crippen molar-refractivity contribution in [1.29, 1.82) is 0 Å². The molecule has 1 aliphatic carbocycles. The highest BCUT2D eigenvalue weighted by Gasteiger charge is 2.51. The number of hydrogen-bond acceptors (Lipinski definition) is 2. The maximum Gasteiger partial charge on any atom is 0.314 e. The standard InChI is InChI=1S/C15H17BrO2S/c16-13-9-11(15(5-6-15)14(17)18)1-2-12(13)10-3-7-19-8-4-10/h1-2,9-10H,3-8H2,(H,17,18). The zero-order chi connectivity index (χ0) is 13.5. The molecular formula is C15H17BrO2S. The minimum absolute atomic E-state index is 0.594. The lowest BCUT2D eigenvalue weighted by Gasteiger charge is -2.23. The van der Waals surface area contributed by atoms with Crippen molar-refractivity contribution in [3.05, 3.63) is 33.8 Å². The van der Waals surface area contributed by atoms with E-state index in [9.17, 15) is 9.90 Å². The van der Waals surface area contributed by atoms with Crippen molar-refractivity contribution in [1.82, 2.24) is 0 Å². The molecule has 1 heterocycles. The van der Waals surface area contributed by atoms with Crippen LogP contribution in [0.3, 0.4) is 0 Å². The van der Waals surface area contributed by atoms with E-state index in [0.717, 1.165) is 22.9 Å². The van der Waals surface area contributed by atoms with Gasteiger partial charge in [-0.15, -0.1) is 0 Å². The summed E-state index contributed by atoms with van der Waals surface area (Å²) in [4.78, 5) is 11.4. The predicted octanol–water partition coefficient (Wildman–Crippen LogP) is 4.18. The van der Waals surface area contributed by atoms with E-state index in [1.165, 1.54) is 29.9 Å². The maximum atomic E-state index is 11.4. The molecule has 0 spiro atoms. The first kappa shape index (κ1) is 13.5. The molecule has 2 aliphatic rings. The SMILES string of the molecule is O=C(O)C1(c2ccc(C3CCSCC3)c(Br)c2)CC1. The van der Waals surface area contributed by atoms with Crippen LogP contribution in [0.4, 0.5) is 0 Å². The molecule has 1 saturated heterocycles. The third-order valence-corrected chi connectivity index (χ3v) is 6.11. The lowest BCUT2D eigenvalue weighted by molar-refractivity contribution is -0.140. The van der Waals surface area contributed by atoms with Gasteiger partial charge in [0.1, 0.15) is 0 Å². The molecular weight excluding hydrogens is 324 g/mol. The van der Waals surface area contributed by atoms with Gasteiger partial charge in [0.05, 0.1) is 5.41 Å². The third-order valence-electron chi connectivity index (χ3n) is 4.37. The second-order valence-electron chi connectivity index (χ2n) is 5.51. The van der Waals surface area contributed by atoms with Crippen LogP contribution in [0.1, 0.15) is 42.7 Å². The van der Waals surface area contributed by atoms with Crippen LogP contribution in [0, 0.1) is 0 Å². The van der Waals surface area contributed by atoms with Crippen molar-refractivity contribution in [2.24, 2.45) is 0 Å². The molecule has 0 amide bonds. The number of thioether (sulfide) groups is 1. The first-order chi connectivity index (χ1) is 9.13. The van der Waals surface area contributed by atoms with Crippen molar-refractivity contribution >= 4 is 33.7 Å². The number of carbonyl (C=O) groups is 1. The van der Waals surface area contributed by atoms with E-state index in [-0.39, 0.29) is 0 Å². The molecule has 0 radical (unpaired) electrons. The molecule has 0 atom stereocenters. The zero-order valence-corrected chi connectivity index (χ0v) is 13.1. The molecule has 1 aliphatic heterocycles. The van der Waals surface area contributed by atoms with E-state index in [4.69, 9.17) is 0 Å². The van der Waals surface area contributed by atoms with Crippen molar-refractivity contribution in [3.8, 4) is 0 Å². The number of halogens is 1. The lowest BCUT2D eigenvalue weighted by atomic mass is 9.89. The monoisotopic (exact) mass is 340 g/mol. The number of rotatable bonds is 3. The molecule has 0 unspecified atom stereocenters. The Balaban J connectivity index is 1.88. The van der Waals surface area contributed by atoms with E-state index in [0.29, 0.717) is 5.92 Å². The molecule has 3 rings (SSSR count). The Morgan fingerprint density at radius 3 is 2.53 bits per heavy atom. The van der Waals surface area contributed by atoms with Gasteiger partial charge < -0.3 is 5.11 Å². The summed E-state index contributed by atoms with van der Waals surface area (Å²) in [7, 11) is 0. The molecule has 1 saturated carbocycles. The Bertz CT molecular complexity index is 505. The minimum Gasteiger partial charge on any atom is -0.481 e. The van der Waals surface area contributed by atoms with E-state index in [1.807, 2.05) is 23.9 Å². The molecule has 2 nitrogen and oxygen atoms in total. The molecule has 102 valence electrons. The van der Waals surface area contributed by atoms with Gasteiger partial charge in [0.25, 0.3) is 0 Å². The van der Waals surface area contributed by atoms with E-state index in [1.54, 1.807) is 0 Å². The van der Waals surface area contributed by atoms with Gasteiger partial charge in [-0.2, -0.15) is 11.8 Å². The minimum atomic E-state index is -0.679. The summed E-state index contributed by atoms with van der Waals surface area (Å²) in [5, 5.41) is 9.35. The average Bonchev–Trinajstić information content (AvgIpc) is 3.21. The van der Waals surface area contributed by atoms with Crippen molar-refractivity contribution in [2.45, 2.75) is 37.0 Å². The van der Waals surface area contributed by atoms with E-state index >= 15 is 0 Å². The molecule has 1 N–H and O–H groups in total. The molecule has 0 bridgehead atoms. The Morgan fingerprint density at radius 1 is 1.32 bits per heavy atom. The number of carboxylic acid groups (broad SMARTS) is 1. The molecule has 2 fully saturated rings. The first-order valence-corrected chi connectivity index (χ1v) is 8.69. The highest BCUT2D eigenvalue weighted by molar-refractivity contribution is 9.10. The fourth-order valence-corrected chi connectivity index (χ4v) is 4.72. The summed E-state index contributed by atoms with van der Waals surface area (Å²) in [5.41, 5.74) is 1.72. The normalized spacial score (nSPS) is 22.2. The Kier molecular flexibility index (Phi) is 3.65. The molecule has 19 heavy (non-hydrogen) atoms. The van der Waals surface area contributed by atoms with Crippen molar-refractivity contribution in [2.75, 3.05) is 11.5 Å². The van der Waals surface area contributed by atoms with Gasteiger partial charge in [0.15, 0.2) is 0 Å². The van der Waals surface area contributed by atoms with Gasteiger partial charge in [-0.25, -0.2) is 0 Å². The van der Waals surface area contributed by atoms with Gasteiger partial charge in [0, 0.05) is 4.47 Å². The number of carboxylic acids is 1. The predicted molar refractivity (Wildman–Crippen MR) is 82.0 cm³/mol. The van der Waals surface area contributed by atoms with Gasteiger partial charge in [-0.3, -0.25) is 4.79 Å². The van der Waals surface area contributed by atoms with Crippen molar-refractivity contribution < 1.29 is 9.90 Å². The Hall–Kier alpha value is -0.480. The maximum absolute atomic E-state index is 11.4. The summed E-state index contributed by atoms with van der Waals surface area (Å²) in [5.74, 6) is 2.42. The van der Waals surface area contributed by atoms with Crippen LogP contribution in [0.25, 0.3) is 0 Å². The van der Waals surface area contributed by atoms with Crippen LogP contribution >= 0.6 is 27.7 Å². The number of aliphatic carboxylic acids is 1. The summed E-state index contributed by atoms with van der Waals surface area (Å²) in [6, 6.07) is 6.21. The summed E-state index contributed by atoms with van der Waals surface area (Å²) in [6.45, 7) is 0. The molecule has 1 aromatic rings. The number of benzene rings is 1. The smallest absolute Gasteiger partial charge is 0.314 e. The van der Waals surface area contributed by atoms with Crippen LogP contribution in [0.5, 0.6) is 0 Å². The van der Waals surface area contributed by atoms with Gasteiger partial charge in [-0.05, 0) is 60.3 Å². The zero-order valence-electron chi connectivity index (χ0n) is 10.7. The number of hydrogen-bond donors (Lipinski definition) is 1.